The fourth-order valence-electron chi connectivity index (χ4n) is 2.09. The molecule has 2 aromatic rings. The molecule has 26 heavy (non-hydrogen) atoms. The van der Waals surface area contributed by atoms with E-state index in [1.165, 1.54) is 12.1 Å². The van der Waals surface area contributed by atoms with Crippen LogP contribution >= 0.6 is 0 Å². The Hall–Kier alpha value is -2.48. The van der Waals surface area contributed by atoms with Crippen molar-refractivity contribution in [2.75, 3.05) is 39.6 Å². The molecule has 0 aliphatic heterocycles. The topological polar surface area (TPSA) is 80.1 Å². The van der Waals surface area contributed by atoms with Gasteiger partial charge in [-0.05, 0) is 17.7 Å². The number of rotatable bonds is 13. The van der Waals surface area contributed by atoms with Crippen molar-refractivity contribution in [1.29, 1.82) is 0 Å². The van der Waals surface area contributed by atoms with Gasteiger partial charge >= 0.3 is 0 Å². The highest BCUT2D eigenvalue weighted by molar-refractivity contribution is 5.35. The Morgan fingerprint density at radius 3 is 1.92 bits per heavy atom. The summed E-state index contributed by atoms with van der Waals surface area (Å²) in [6.45, 7) is 3.41. The summed E-state index contributed by atoms with van der Waals surface area (Å²) in [5.74, 6) is 0.575. The van der Waals surface area contributed by atoms with E-state index in [1.54, 1.807) is 12.1 Å². The van der Waals surface area contributed by atoms with Crippen LogP contribution in [0.2, 0.25) is 0 Å². The van der Waals surface area contributed by atoms with E-state index in [4.69, 9.17) is 18.9 Å². The summed E-state index contributed by atoms with van der Waals surface area (Å²) in [4.78, 5) is 10.1. The molecule has 2 aromatic carbocycles. The maximum Gasteiger partial charge on any atom is 0.269 e. The summed E-state index contributed by atoms with van der Waals surface area (Å²) in [6.07, 6.45) is 0. The Kier molecular flexibility index (Phi) is 9.13. The van der Waals surface area contributed by atoms with Crippen molar-refractivity contribution in [2.24, 2.45) is 0 Å². The largest absolute Gasteiger partial charge is 0.491 e. The fourth-order valence-corrected chi connectivity index (χ4v) is 2.09. The second-order valence-electron chi connectivity index (χ2n) is 5.36. The first-order valence-electron chi connectivity index (χ1n) is 8.40. The molecule has 0 aromatic heterocycles. The summed E-state index contributed by atoms with van der Waals surface area (Å²) >= 11 is 0. The third kappa shape index (κ3) is 8.06. The Bertz CT molecular complexity index is 632. The van der Waals surface area contributed by atoms with E-state index >= 15 is 0 Å². The van der Waals surface area contributed by atoms with Gasteiger partial charge in [0.2, 0.25) is 0 Å². The van der Waals surface area contributed by atoms with Crippen molar-refractivity contribution >= 4 is 5.69 Å². The lowest BCUT2D eigenvalue weighted by Gasteiger charge is -2.08. The predicted molar refractivity (Wildman–Crippen MR) is 96.3 cm³/mol. The van der Waals surface area contributed by atoms with E-state index in [9.17, 15) is 10.1 Å². The van der Waals surface area contributed by atoms with Crippen LogP contribution in [0.15, 0.2) is 54.6 Å². The smallest absolute Gasteiger partial charge is 0.269 e. The van der Waals surface area contributed by atoms with Crippen LogP contribution in [-0.4, -0.2) is 44.6 Å². The van der Waals surface area contributed by atoms with Crippen LogP contribution in [-0.2, 0) is 20.8 Å². The molecule has 7 heteroatoms. The summed E-state index contributed by atoms with van der Waals surface area (Å²) < 4.78 is 21.8. The minimum atomic E-state index is -0.445. The highest BCUT2D eigenvalue weighted by Gasteiger charge is 2.04. The molecule has 0 saturated heterocycles. The van der Waals surface area contributed by atoms with Gasteiger partial charge in [0.1, 0.15) is 12.4 Å². The van der Waals surface area contributed by atoms with Crippen LogP contribution in [0.4, 0.5) is 5.69 Å². The fraction of sp³-hybridized carbons (Fsp3) is 0.368. The average molecular weight is 361 g/mol. The van der Waals surface area contributed by atoms with E-state index in [0.717, 1.165) is 5.56 Å². The minimum Gasteiger partial charge on any atom is -0.491 e. The van der Waals surface area contributed by atoms with Crippen LogP contribution in [0.25, 0.3) is 0 Å². The number of non-ortho nitro benzene ring substituents is 1. The van der Waals surface area contributed by atoms with Gasteiger partial charge in [0.15, 0.2) is 0 Å². The molecule has 0 unspecified atom stereocenters. The SMILES string of the molecule is O=[N+]([O-])c1ccc(OCCOCCOCCOCc2ccccc2)cc1. The first-order valence-corrected chi connectivity index (χ1v) is 8.40. The molecule has 0 heterocycles. The van der Waals surface area contributed by atoms with Gasteiger partial charge in [0.25, 0.3) is 5.69 Å². The number of hydrogen-bond acceptors (Lipinski definition) is 6. The van der Waals surface area contributed by atoms with Crippen molar-refractivity contribution in [1.82, 2.24) is 0 Å². The van der Waals surface area contributed by atoms with Gasteiger partial charge in [-0.25, -0.2) is 0 Å². The lowest BCUT2D eigenvalue weighted by Crippen LogP contribution is -2.12. The van der Waals surface area contributed by atoms with Gasteiger partial charge in [-0.1, -0.05) is 30.3 Å². The van der Waals surface area contributed by atoms with Gasteiger partial charge in [0.05, 0.1) is 44.6 Å². The maximum absolute atomic E-state index is 10.5. The molecular formula is C19H23NO6. The zero-order valence-corrected chi connectivity index (χ0v) is 14.5. The molecule has 0 saturated carbocycles. The number of nitro groups is 1. The molecule has 0 fully saturated rings. The van der Waals surface area contributed by atoms with Crippen LogP contribution in [0, 0.1) is 10.1 Å². The van der Waals surface area contributed by atoms with Gasteiger partial charge in [-0.3, -0.25) is 10.1 Å². The first kappa shape index (κ1) is 19.8. The Labute approximate surface area is 152 Å². The van der Waals surface area contributed by atoms with Crippen molar-refractivity contribution < 1.29 is 23.9 Å². The molecule has 2 rings (SSSR count). The molecule has 0 aliphatic rings. The van der Waals surface area contributed by atoms with Gasteiger partial charge in [0, 0.05) is 12.1 Å². The van der Waals surface area contributed by atoms with E-state index in [-0.39, 0.29) is 5.69 Å². The summed E-state index contributed by atoms with van der Waals surface area (Å²) in [5.41, 5.74) is 1.18. The third-order valence-corrected chi connectivity index (χ3v) is 3.40. The Morgan fingerprint density at radius 1 is 0.731 bits per heavy atom. The molecule has 0 amide bonds. The van der Waals surface area contributed by atoms with Crippen molar-refractivity contribution in [3.63, 3.8) is 0 Å². The number of ether oxygens (including phenoxy) is 4. The quantitative estimate of drug-likeness (QED) is 0.310. The summed E-state index contributed by atoms with van der Waals surface area (Å²) in [7, 11) is 0. The molecule has 0 spiro atoms. The van der Waals surface area contributed by atoms with Gasteiger partial charge < -0.3 is 18.9 Å². The normalized spacial score (nSPS) is 10.6. The lowest BCUT2D eigenvalue weighted by atomic mass is 10.2. The highest BCUT2D eigenvalue weighted by Crippen LogP contribution is 2.16. The summed E-state index contributed by atoms with van der Waals surface area (Å²) in [5, 5.41) is 10.5. The summed E-state index contributed by atoms with van der Waals surface area (Å²) in [6, 6.07) is 15.9. The molecule has 0 N–H and O–H groups in total. The zero-order chi connectivity index (χ0) is 18.5. The molecule has 7 nitrogen and oxygen atoms in total. The van der Waals surface area contributed by atoms with E-state index in [2.05, 4.69) is 0 Å². The third-order valence-electron chi connectivity index (χ3n) is 3.40. The molecular weight excluding hydrogens is 338 g/mol. The number of benzene rings is 2. The number of hydrogen-bond donors (Lipinski definition) is 0. The molecule has 140 valence electrons. The van der Waals surface area contributed by atoms with Gasteiger partial charge in [-0.15, -0.1) is 0 Å². The van der Waals surface area contributed by atoms with Crippen molar-refractivity contribution in [3.8, 4) is 5.75 Å². The van der Waals surface area contributed by atoms with E-state index < -0.39 is 4.92 Å². The van der Waals surface area contributed by atoms with Crippen molar-refractivity contribution in [2.45, 2.75) is 6.61 Å². The molecule has 0 bridgehead atoms. The first-order chi connectivity index (χ1) is 12.8. The number of nitrogens with zero attached hydrogens (tertiary/aromatic N) is 1. The van der Waals surface area contributed by atoms with E-state index in [0.29, 0.717) is 52.0 Å². The lowest BCUT2D eigenvalue weighted by molar-refractivity contribution is -0.384. The Morgan fingerprint density at radius 2 is 1.31 bits per heavy atom. The maximum atomic E-state index is 10.5. The van der Waals surface area contributed by atoms with Gasteiger partial charge in [-0.2, -0.15) is 0 Å². The number of nitro benzene ring substituents is 1. The second-order valence-corrected chi connectivity index (χ2v) is 5.36. The highest BCUT2D eigenvalue weighted by atomic mass is 16.6. The zero-order valence-electron chi connectivity index (χ0n) is 14.5. The molecule has 0 radical (unpaired) electrons. The molecule has 0 aliphatic carbocycles. The van der Waals surface area contributed by atoms with Crippen molar-refractivity contribution in [3.05, 3.63) is 70.3 Å². The second kappa shape index (κ2) is 12.0. The predicted octanol–water partition coefficient (Wildman–Crippen LogP) is 3.22. The van der Waals surface area contributed by atoms with E-state index in [1.807, 2.05) is 30.3 Å². The monoisotopic (exact) mass is 361 g/mol. The minimum absolute atomic E-state index is 0.0403. The standard InChI is InChI=1S/C19H23NO6/c21-20(22)18-6-8-19(9-7-18)26-15-14-24-11-10-23-12-13-25-16-17-4-2-1-3-5-17/h1-9H,10-16H2. The molecule has 0 atom stereocenters. The van der Waals surface area contributed by atoms with Crippen LogP contribution in [0.3, 0.4) is 0 Å². The van der Waals surface area contributed by atoms with Crippen LogP contribution < -0.4 is 4.74 Å². The van der Waals surface area contributed by atoms with Crippen LogP contribution in [0.1, 0.15) is 5.56 Å². The average Bonchev–Trinajstić information content (AvgIpc) is 2.67. The van der Waals surface area contributed by atoms with Crippen LogP contribution in [0.5, 0.6) is 5.75 Å². The Balaban J connectivity index is 1.39.